The normalized spacial score (nSPS) is 12.3. The lowest BCUT2D eigenvalue weighted by molar-refractivity contribution is 0.0464. The molecule has 0 spiro atoms. The first-order valence-electron chi connectivity index (χ1n) is 6.34. The van der Waals surface area contributed by atoms with Crippen LogP contribution in [0.1, 0.15) is 43.1 Å². The highest BCUT2D eigenvalue weighted by Gasteiger charge is 2.20. The predicted octanol–water partition coefficient (Wildman–Crippen LogP) is 4.28. The van der Waals surface area contributed by atoms with E-state index in [0.717, 1.165) is 6.42 Å². The molecule has 0 radical (unpaired) electrons. The van der Waals surface area contributed by atoms with Gasteiger partial charge in [0.2, 0.25) is 0 Å². The molecule has 0 aromatic heterocycles. The topological polar surface area (TPSA) is 60.4 Å². The van der Waals surface area contributed by atoms with E-state index in [1.165, 1.54) is 6.07 Å². The van der Waals surface area contributed by atoms with Crippen LogP contribution in [0.3, 0.4) is 0 Å². The average Bonchev–Trinajstić information content (AvgIpc) is 2.29. The van der Waals surface area contributed by atoms with Crippen LogP contribution in [-0.4, -0.2) is 21.0 Å². The Balaban J connectivity index is 2.99. The van der Waals surface area contributed by atoms with Gasteiger partial charge in [0.25, 0.3) is 9.05 Å². The molecule has 0 bridgehead atoms. The summed E-state index contributed by atoms with van der Waals surface area (Å²) in [6.45, 7) is 8.09. The summed E-state index contributed by atoms with van der Waals surface area (Å²) in [5.74, 6) is -0.559. The van der Waals surface area contributed by atoms with Gasteiger partial charge in [0, 0.05) is 15.2 Å². The van der Waals surface area contributed by atoms with Crippen LogP contribution >= 0.6 is 26.6 Å². The lowest BCUT2D eigenvalue weighted by atomic mass is 9.93. The third-order valence-electron chi connectivity index (χ3n) is 2.80. The first-order chi connectivity index (χ1) is 9.42. The maximum Gasteiger partial charge on any atom is 0.338 e. The van der Waals surface area contributed by atoms with E-state index in [1.54, 1.807) is 13.0 Å². The van der Waals surface area contributed by atoms with Gasteiger partial charge in [-0.05, 0) is 52.4 Å². The summed E-state index contributed by atoms with van der Waals surface area (Å²) in [5.41, 5.74) is 0.823. The highest BCUT2D eigenvalue weighted by atomic mass is 79.9. The molecule has 0 aliphatic carbocycles. The van der Waals surface area contributed by atoms with Gasteiger partial charge >= 0.3 is 5.97 Å². The molecule has 0 fully saturated rings. The first-order valence-corrected chi connectivity index (χ1v) is 9.44. The molecule has 0 heterocycles. The SMILES string of the molecule is Cc1cc(C(=O)OCCC(C)(C)C)cc(S(=O)(=O)Cl)c1Br. The molecule has 7 heteroatoms. The zero-order chi connectivity index (χ0) is 16.4. The fraction of sp³-hybridized carbons (Fsp3) is 0.500. The van der Waals surface area contributed by atoms with Crippen LogP contribution in [-0.2, 0) is 13.8 Å². The van der Waals surface area contributed by atoms with Gasteiger partial charge in [-0.15, -0.1) is 0 Å². The molecule has 118 valence electrons. The van der Waals surface area contributed by atoms with Gasteiger partial charge in [-0.3, -0.25) is 0 Å². The van der Waals surface area contributed by atoms with E-state index in [-0.39, 0.29) is 22.5 Å². The molecule has 0 saturated heterocycles. The van der Waals surface area contributed by atoms with E-state index in [9.17, 15) is 13.2 Å². The van der Waals surface area contributed by atoms with Crippen LogP contribution in [0.5, 0.6) is 0 Å². The Bertz CT molecular complexity index is 648. The summed E-state index contributed by atoms with van der Waals surface area (Å²) >= 11 is 3.16. The van der Waals surface area contributed by atoms with Crippen molar-refractivity contribution in [3.63, 3.8) is 0 Å². The fourth-order valence-electron chi connectivity index (χ4n) is 1.57. The molecule has 21 heavy (non-hydrogen) atoms. The number of hydrogen-bond donors (Lipinski definition) is 0. The maximum absolute atomic E-state index is 12.0. The van der Waals surface area contributed by atoms with Crippen molar-refractivity contribution >= 4 is 41.6 Å². The highest BCUT2D eigenvalue weighted by molar-refractivity contribution is 9.10. The molecule has 0 saturated carbocycles. The zero-order valence-corrected chi connectivity index (χ0v) is 15.5. The smallest absolute Gasteiger partial charge is 0.338 e. The first kappa shape index (κ1) is 18.5. The minimum atomic E-state index is -3.94. The number of esters is 1. The number of halogens is 2. The van der Waals surface area contributed by atoms with Crippen LogP contribution in [0.4, 0.5) is 0 Å². The lowest BCUT2D eigenvalue weighted by Gasteiger charge is -2.17. The average molecular weight is 398 g/mol. The van der Waals surface area contributed by atoms with Crippen LogP contribution in [0.25, 0.3) is 0 Å². The van der Waals surface area contributed by atoms with E-state index >= 15 is 0 Å². The van der Waals surface area contributed by atoms with E-state index in [4.69, 9.17) is 15.4 Å². The van der Waals surface area contributed by atoms with E-state index < -0.39 is 15.0 Å². The molecular weight excluding hydrogens is 380 g/mol. The minimum absolute atomic E-state index is 0.0561. The summed E-state index contributed by atoms with van der Waals surface area (Å²) in [7, 11) is 1.43. The number of carbonyl (C=O) groups is 1. The molecule has 0 unspecified atom stereocenters. The number of ether oxygens (including phenoxy) is 1. The van der Waals surface area contributed by atoms with Crippen molar-refractivity contribution in [2.45, 2.75) is 39.0 Å². The summed E-state index contributed by atoms with van der Waals surface area (Å²) in [4.78, 5) is 11.9. The summed E-state index contributed by atoms with van der Waals surface area (Å²) in [6.07, 6.45) is 0.717. The predicted molar refractivity (Wildman–Crippen MR) is 86.3 cm³/mol. The monoisotopic (exact) mass is 396 g/mol. The fourth-order valence-corrected chi connectivity index (χ4v) is 3.72. The van der Waals surface area contributed by atoms with Gasteiger partial charge < -0.3 is 4.74 Å². The molecule has 1 aromatic rings. The van der Waals surface area contributed by atoms with Crippen molar-refractivity contribution in [1.82, 2.24) is 0 Å². The van der Waals surface area contributed by atoms with Crippen molar-refractivity contribution in [3.05, 3.63) is 27.7 Å². The lowest BCUT2D eigenvalue weighted by Crippen LogP contribution is -2.13. The van der Waals surface area contributed by atoms with Gasteiger partial charge in [0.1, 0.15) is 0 Å². The minimum Gasteiger partial charge on any atom is -0.462 e. The maximum atomic E-state index is 12.0. The van der Waals surface area contributed by atoms with Crippen LogP contribution in [0.2, 0.25) is 0 Å². The van der Waals surface area contributed by atoms with E-state index in [0.29, 0.717) is 10.0 Å². The Morgan fingerprint density at radius 3 is 2.38 bits per heavy atom. The summed E-state index contributed by atoms with van der Waals surface area (Å²) in [6, 6.07) is 2.79. The molecule has 0 aliphatic heterocycles. The molecule has 0 atom stereocenters. The largest absolute Gasteiger partial charge is 0.462 e. The molecule has 1 aromatic carbocycles. The number of hydrogen-bond acceptors (Lipinski definition) is 4. The zero-order valence-electron chi connectivity index (χ0n) is 12.4. The second-order valence-electron chi connectivity index (χ2n) is 5.99. The van der Waals surface area contributed by atoms with E-state index in [1.807, 2.05) is 20.8 Å². The highest BCUT2D eigenvalue weighted by Crippen LogP contribution is 2.30. The molecule has 0 N–H and O–H groups in total. The van der Waals surface area contributed by atoms with Crippen LogP contribution in [0.15, 0.2) is 21.5 Å². The Morgan fingerprint density at radius 2 is 1.90 bits per heavy atom. The van der Waals surface area contributed by atoms with Crippen molar-refractivity contribution in [3.8, 4) is 0 Å². The van der Waals surface area contributed by atoms with Crippen molar-refractivity contribution < 1.29 is 17.9 Å². The summed E-state index contributed by atoms with van der Waals surface area (Å²) < 4.78 is 28.5. The van der Waals surface area contributed by atoms with E-state index in [2.05, 4.69) is 15.9 Å². The Kier molecular flexibility index (Phi) is 5.86. The Hall–Kier alpha value is -0.590. The number of benzene rings is 1. The van der Waals surface area contributed by atoms with Gasteiger partial charge in [-0.2, -0.15) is 0 Å². The summed E-state index contributed by atoms with van der Waals surface area (Å²) in [5, 5.41) is 0. The third kappa shape index (κ3) is 5.60. The second-order valence-corrected chi connectivity index (χ2v) is 9.32. The van der Waals surface area contributed by atoms with Gasteiger partial charge in [0.05, 0.1) is 17.1 Å². The molecule has 0 aliphatic rings. The van der Waals surface area contributed by atoms with Crippen molar-refractivity contribution in [1.29, 1.82) is 0 Å². The number of rotatable bonds is 4. The number of aryl methyl sites for hydroxylation is 1. The Morgan fingerprint density at radius 1 is 1.33 bits per heavy atom. The molecule has 1 rings (SSSR count). The standard InChI is InChI=1S/C14H18BrClO4S/c1-9-7-10(8-11(12(9)15)21(16,18)19)13(17)20-6-5-14(2,3)4/h7-8H,5-6H2,1-4H3. The number of carbonyl (C=O) groups excluding carboxylic acids is 1. The Labute approximate surface area is 138 Å². The molecule has 0 amide bonds. The third-order valence-corrected chi connectivity index (χ3v) is 5.47. The molecular formula is C14H18BrClO4S. The van der Waals surface area contributed by atoms with Gasteiger partial charge in [-0.1, -0.05) is 20.8 Å². The quantitative estimate of drug-likeness (QED) is 0.562. The second kappa shape index (κ2) is 6.67. The van der Waals surface area contributed by atoms with Crippen molar-refractivity contribution in [2.75, 3.05) is 6.61 Å². The molecule has 4 nitrogen and oxygen atoms in total. The van der Waals surface area contributed by atoms with Crippen molar-refractivity contribution in [2.24, 2.45) is 5.41 Å². The van der Waals surface area contributed by atoms with Gasteiger partial charge in [0.15, 0.2) is 0 Å². The van der Waals surface area contributed by atoms with Gasteiger partial charge in [-0.25, -0.2) is 13.2 Å². The van der Waals surface area contributed by atoms with Crippen LogP contribution < -0.4 is 0 Å². The van der Waals surface area contributed by atoms with Crippen LogP contribution in [0, 0.1) is 12.3 Å².